The molecular weight excluding hydrogens is 302 g/mol. The first kappa shape index (κ1) is 15.2. The van der Waals surface area contributed by atoms with Gasteiger partial charge in [-0.3, -0.25) is 4.79 Å². The molecule has 0 unspecified atom stereocenters. The van der Waals surface area contributed by atoms with Crippen LogP contribution in [0.5, 0.6) is 0 Å². The number of rotatable bonds is 4. The smallest absolute Gasteiger partial charge is 0.271 e. The van der Waals surface area contributed by atoms with Crippen LogP contribution in [0.4, 0.5) is 0 Å². The number of amides is 1. The molecule has 0 aromatic carbocycles. The van der Waals surface area contributed by atoms with Gasteiger partial charge >= 0.3 is 0 Å². The minimum Gasteiger partial charge on any atom is -0.379 e. The van der Waals surface area contributed by atoms with Crippen molar-refractivity contribution in [1.29, 1.82) is 0 Å². The second-order valence-electron chi connectivity index (χ2n) is 5.65. The molecule has 1 N–H and O–H groups in total. The summed E-state index contributed by atoms with van der Waals surface area (Å²) in [6.07, 6.45) is 0.709. The number of aromatic nitrogens is 2. The number of carbonyl (C=O) groups excluding carboxylic acids is 1. The molecule has 0 spiro atoms. The molecule has 22 heavy (non-hydrogen) atoms. The zero-order chi connectivity index (χ0) is 15.7. The third-order valence-corrected chi connectivity index (χ3v) is 4.66. The lowest BCUT2D eigenvalue weighted by Crippen LogP contribution is -2.41. The lowest BCUT2D eigenvalue weighted by atomic mass is 9.98. The standard InChI is InChI=1S/C15H19N3O3S/c1-8-4-12(21-18-8)5-11-6-20-7-13(11)17-15(19)14-9(2)22-10(3)16-14/h4,11,13H,5-7H2,1-3H3,(H,17,19)/t11-,13+/m1/s1. The summed E-state index contributed by atoms with van der Waals surface area (Å²) >= 11 is 1.54. The van der Waals surface area contributed by atoms with Gasteiger partial charge in [-0.1, -0.05) is 5.16 Å². The Kier molecular flexibility index (Phi) is 4.26. The van der Waals surface area contributed by atoms with Crippen molar-refractivity contribution in [3.63, 3.8) is 0 Å². The lowest BCUT2D eigenvalue weighted by molar-refractivity contribution is 0.0919. The van der Waals surface area contributed by atoms with Gasteiger partial charge in [0.2, 0.25) is 0 Å². The quantitative estimate of drug-likeness (QED) is 0.932. The van der Waals surface area contributed by atoms with Gasteiger partial charge in [0.25, 0.3) is 5.91 Å². The molecule has 3 rings (SSSR count). The normalized spacial score (nSPS) is 21.2. The molecule has 1 fully saturated rings. The Labute approximate surface area is 132 Å². The summed E-state index contributed by atoms with van der Waals surface area (Å²) in [5, 5.41) is 7.84. The number of aryl methyl sites for hydroxylation is 3. The second-order valence-corrected chi connectivity index (χ2v) is 7.06. The zero-order valence-corrected chi connectivity index (χ0v) is 13.7. The van der Waals surface area contributed by atoms with Gasteiger partial charge in [0.15, 0.2) is 0 Å². The summed E-state index contributed by atoms with van der Waals surface area (Å²) in [4.78, 5) is 17.6. The average Bonchev–Trinajstić information content (AvgIpc) is 3.13. The Morgan fingerprint density at radius 2 is 2.23 bits per heavy atom. The Morgan fingerprint density at radius 1 is 1.41 bits per heavy atom. The first-order valence-electron chi connectivity index (χ1n) is 7.27. The van der Waals surface area contributed by atoms with Crippen LogP contribution in [0.25, 0.3) is 0 Å². The van der Waals surface area contributed by atoms with Gasteiger partial charge in [0.1, 0.15) is 11.5 Å². The summed E-state index contributed by atoms with van der Waals surface area (Å²) < 4.78 is 10.8. The monoisotopic (exact) mass is 321 g/mol. The van der Waals surface area contributed by atoms with E-state index in [0.717, 1.165) is 21.3 Å². The third-order valence-electron chi connectivity index (χ3n) is 3.77. The predicted octanol–water partition coefficient (Wildman–Crippen LogP) is 2.04. The van der Waals surface area contributed by atoms with Gasteiger partial charge in [-0.25, -0.2) is 4.98 Å². The van der Waals surface area contributed by atoms with Gasteiger partial charge in [-0.2, -0.15) is 0 Å². The highest BCUT2D eigenvalue weighted by Crippen LogP contribution is 2.21. The van der Waals surface area contributed by atoms with Gasteiger partial charge < -0.3 is 14.6 Å². The molecule has 7 heteroatoms. The summed E-state index contributed by atoms with van der Waals surface area (Å²) in [6, 6.07) is 1.89. The number of carbonyl (C=O) groups is 1. The molecule has 0 bridgehead atoms. The molecule has 6 nitrogen and oxygen atoms in total. The van der Waals surface area contributed by atoms with Crippen LogP contribution < -0.4 is 5.32 Å². The summed E-state index contributed by atoms with van der Waals surface area (Å²) in [6.45, 7) is 6.85. The average molecular weight is 321 g/mol. The van der Waals surface area contributed by atoms with E-state index in [1.165, 1.54) is 11.3 Å². The van der Waals surface area contributed by atoms with Crippen LogP contribution in [-0.4, -0.2) is 35.3 Å². The van der Waals surface area contributed by atoms with E-state index in [1.54, 1.807) is 0 Å². The molecule has 2 aromatic rings. The van der Waals surface area contributed by atoms with Gasteiger partial charge in [-0.05, 0) is 20.8 Å². The Bertz CT molecular complexity index is 679. The number of hydrogen-bond donors (Lipinski definition) is 1. The Morgan fingerprint density at radius 3 is 2.86 bits per heavy atom. The van der Waals surface area contributed by atoms with E-state index in [0.29, 0.717) is 25.3 Å². The molecule has 0 radical (unpaired) electrons. The molecule has 1 saturated heterocycles. The van der Waals surface area contributed by atoms with E-state index in [-0.39, 0.29) is 17.9 Å². The van der Waals surface area contributed by atoms with Crippen LogP contribution in [0.2, 0.25) is 0 Å². The van der Waals surface area contributed by atoms with Gasteiger partial charge in [0, 0.05) is 23.3 Å². The molecule has 0 saturated carbocycles. The fraction of sp³-hybridized carbons (Fsp3) is 0.533. The summed E-state index contributed by atoms with van der Waals surface area (Å²) in [7, 11) is 0. The number of ether oxygens (including phenoxy) is 1. The van der Waals surface area contributed by atoms with Crippen molar-refractivity contribution in [3.05, 3.63) is 33.1 Å². The van der Waals surface area contributed by atoms with Crippen LogP contribution >= 0.6 is 11.3 Å². The van der Waals surface area contributed by atoms with Crippen LogP contribution in [-0.2, 0) is 11.2 Å². The fourth-order valence-corrected chi connectivity index (χ4v) is 3.52. The topological polar surface area (TPSA) is 77.2 Å². The maximum Gasteiger partial charge on any atom is 0.271 e. The molecule has 1 aliphatic rings. The van der Waals surface area contributed by atoms with Crippen molar-refractivity contribution in [1.82, 2.24) is 15.5 Å². The van der Waals surface area contributed by atoms with Crippen LogP contribution in [0, 0.1) is 26.7 Å². The highest BCUT2D eigenvalue weighted by atomic mass is 32.1. The Balaban J connectivity index is 1.66. The summed E-state index contributed by atoms with van der Waals surface area (Å²) in [5.41, 5.74) is 1.38. The second kappa shape index (κ2) is 6.18. The molecular formula is C15H19N3O3S. The number of hydrogen-bond acceptors (Lipinski definition) is 6. The lowest BCUT2D eigenvalue weighted by Gasteiger charge is -2.17. The van der Waals surface area contributed by atoms with Crippen molar-refractivity contribution in [2.45, 2.75) is 33.2 Å². The van der Waals surface area contributed by atoms with E-state index < -0.39 is 0 Å². The maximum absolute atomic E-state index is 12.4. The predicted molar refractivity (Wildman–Crippen MR) is 82.1 cm³/mol. The van der Waals surface area contributed by atoms with Crippen molar-refractivity contribution >= 4 is 17.2 Å². The van der Waals surface area contributed by atoms with Crippen molar-refractivity contribution in [2.24, 2.45) is 5.92 Å². The first-order valence-corrected chi connectivity index (χ1v) is 8.09. The van der Waals surface area contributed by atoms with Crippen molar-refractivity contribution in [3.8, 4) is 0 Å². The molecule has 2 aromatic heterocycles. The van der Waals surface area contributed by atoms with E-state index in [2.05, 4.69) is 15.5 Å². The molecule has 118 valence electrons. The molecule has 0 aliphatic carbocycles. The Hall–Kier alpha value is -1.73. The van der Waals surface area contributed by atoms with E-state index in [9.17, 15) is 4.79 Å². The highest BCUT2D eigenvalue weighted by Gasteiger charge is 2.31. The molecule has 1 amide bonds. The SMILES string of the molecule is Cc1cc(C[C@@H]2COC[C@@H]2NC(=O)c2nc(C)sc2C)on1. The van der Waals surface area contributed by atoms with E-state index >= 15 is 0 Å². The van der Waals surface area contributed by atoms with Crippen LogP contribution in [0.1, 0.15) is 31.8 Å². The fourth-order valence-electron chi connectivity index (χ4n) is 2.71. The van der Waals surface area contributed by atoms with Gasteiger partial charge in [0.05, 0.1) is 30.0 Å². The number of thiazole rings is 1. The number of nitrogens with zero attached hydrogens (tertiary/aromatic N) is 2. The number of nitrogens with one attached hydrogen (secondary N) is 1. The third kappa shape index (κ3) is 3.20. The maximum atomic E-state index is 12.4. The first-order chi connectivity index (χ1) is 10.5. The summed E-state index contributed by atoms with van der Waals surface area (Å²) in [5.74, 6) is 0.889. The molecule has 2 atom stereocenters. The molecule has 3 heterocycles. The minimum absolute atomic E-state index is 0.0284. The minimum atomic E-state index is -0.129. The van der Waals surface area contributed by atoms with E-state index in [4.69, 9.17) is 9.26 Å². The van der Waals surface area contributed by atoms with Crippen LogP contribution in [0.15, 0.2) is 10.6 Å². The zero-order valence-electron chi connectivity index (χ0n) is 12.9. The van der Waals surface area contributed by atoms with Crippen molar-refractivity contribution in [2.75, 3.05) is 13.2 Å². The largest absolute Gasteiger partial charge is 0.379 e. The van der Waals surface area contributed by atoms with Gasteiger partial charge in [-0.15, -0.1) is 11.3 Å². The van der Waals surface area contributed by atoms with E-state index in [1.807, 2.05) is 26.8 Å². The molecule has 1 aliphatic heterocycles. The van der Waals surface area contributed by atoms with Crippen LogP contribution in [0.3, 0.4) is 0 Å². The highest BCUT2D eigenvalue weighted by molar-refractivity contribution is 7.11. The van der Waals surface area contributed by atoms with Crippen molar-refractivity contribution < 1.29 is 14.1 Å².